The van der Waals surface area contributed by atoms with Crippen LogP contribution in [0.5, 0.6) is 0 Å². The van der Waals surface area contributed by atoms with E-state index in [1.54, 1.807) is 13.3 Å². The summed E-state index contributed by atoms with van der Waals surface area (Å²) in [4.78, 5) is 4.87. The molecule has 5 heteroatoms. The van der Waals surface area contributed by atoms with Gasteiger partial charge in [0.05, 0.1) is 6.61 Å². The van der Waals surface area contributed by atoms with E-state index in [0.29, 0.717) is 0 Å². The maximum Gasteiger partial charge on any atom is 0.0589 e. The number of piperazine rings is 1. The lowest BCUT2D eigenvalue weighted by Crippen LogP contribution is -2.45. The Kier molecular flexibility index (Phi) is 4.90. The number of nitrogens with zero attached hydrogens (tertiary/aromatic N) is 2. The lowest BCUT2D eigenvalue weighted by atomic mass is 10.2. The van der Waals surface area contributed by atoms with Crippen molar-refractivity contribution in [2.45, 2.75) is 6.42 Å². The zero-order valence-corrected chi connectivity index (χ0v) is 11.2. The van der Waals surface area contributed by atoms with E-state index in [0.717, 1.165) is 58.0 Å². The summed E-state index contributed by atoms with van der Waals surface area (Å²) < 4.78 is 5.11. The summed E-state index contributed by atoms with van der Waals surface area (Å²) in [6.07, 6.45) is 4.95. The van der Waals surface area contributed by atoms with E-state index >= 15 is 0 Å². The lowest BCUT2D eigenvalue weighted by molar-refractivity contribution is 0.114. The number of allylic oxidation sites excluding steroid dienone is 1. The topological polar surface area (TPSA) is 53.8 Å². The molecule has 0 amide bonds. The van der Waals surface area contributed by atoms with Gasteiger partial charge in [0.1, 0.15) is 0 Å². The second kappa shape index (κ2) is 6.66. The van der Waals surface area contributed by atoms with Crippen molar-refractivity contribution < 1.29 is 4.74 Å². The van der Waals surface area contributed by atoms with Gasteiger partial charge in [-0.3, -0.25) is 4.90 Å². The standard InChI is InChI=1S/C13H24N4O/c1-18-7-6-16-2-4-17(5-3-16)11-12-8-13(9-14)15-10-12/h9,11,15H,2-8,10,14H2,1H3/b12-11+,13-9-. The SMILES string of the molecule is COCCN1CCN(/C=C2/CN/C(=C\N)C2)CC1. The van der Waals surface area contributed by atoms with Crippen LogP contribution in [0.15, 0.2) is 23.7 Å². The molecule has 2 aliphatic heterocycles. The molecule has 0 aromatic rings. The van der Waals surface area contributed by atoms with Crippen LogP contribution in [0.25, 0.3) is 0 Å². The molecule has 0 atom stereocenters. The molecular formula is C13H24N4O. The van der Waals surface area contributed by atoms with Crippen molar-refractivity contribution in [2.75, 3.05) is 53.0 Å². The molecule has 0 aromatic carbocycles. The Hall–Kier alpha value is -1.20. The molecule has 2 saturated heterocycles. The Bertz CT molecular complexity index is 319. The molecule has 0 radical (unpaired) electrons. The summed E-state index contributed by atoms with van der Waals surface area (Å²) in [5.41, 5.74) is 8.08. The molecule has 0 aromatic heterocycles. The van der Waals surface area contributed by atoms with E-state index in [2.05, 4.69) is 21.3 Å². The van der Waals surface area contributed by atoms with Crippen LogP contribution < -0.4 is 11.1 Å². The van der Waals surface area contributed by atoms with Gasteiger partial charge < -0.3 is 20.7 Å². The first-order valence-electron chi connectivity index (χ1n) is 6.61. The van der Waals surface area contributed by atoms with Gasteiger partial charge in [-0.05, 0) is 5.57 Å². The van der Waals surface area contributed by atoms with Crippen LogP contribution in [0.4, 0.5) is 0 Å². The highest BCUT2D eigenvalue weighted by Gasteiger charge is 2.16. The normalized spacial score (nSPS) is 25.9. The molecule has 102 valence electrons. The lowest BCUT2D eigenvalue weighted by Gasteiger charge is -2.34. The number of hydrogen-bond acceptors (Lipinski definition) is 5. The van der Waals surface area contributed by atoms with Crippen LogP contribution in [-0.4, -0.2) is 62.8 Å². The molecular weight excluding hydrogens is 228 g/mol. The highest BCUT2D eigenvalue weighted by Crippen LogP contribution is 2.16. The number of rotatable bonds is 4. The molecule has 0 saturated carbocycles. The Morgan fingerprint density at radius 1 is 1.33 bits per heavy atom. The van der Waals surface area contributed by atoms with Crippen LogP contribution in [0.1, 0.15) is 6.42 Å². The van der Waals surface area contributed by atoms with Crippen LogP contribution in [0.2, 0.25) is 0 Å². The monoisotopic (exact) mass is 252 g/mol. The number of nitrogens with two attached hydrogens (primary N) is 1. The van der Waals surface area contributed by atoms with Gasteiger partial charge in [-0.2, -0.15) is 0 Å². The van der Waals surface area contributed by atoms with Gasteiger partial charge in [-0.1, -0.05) is 0 Å². The van der Waals surface area contributed by atoms with Crippen molar-refractivity contribution in [3.63, 3.8) is 0 Å². The second-order valence-corrected chi connectivity index (χ2v) is 4.88. The van der Waals surface area contributed by atoms with E-state index in [1.165, 1.54) is 5.57 Å². The minimum atomic E-state index is 0.829. The predicted octanol–water partition coefficient (Wildman–Crippen LogP) is -0.0723. The van der Waals surface area contributed by atoms with E-state index in [-0.39, 0.29) is 0 Å². The molecule has 5 nitrogen and oxygen atoms in total. The van der Waals surface area contributed by atoms with Crippen LogP contribution in [0, 0.1) is 0 Å². The largest absolute Gasteiger partial charge is 0.403 e. The van der Waals surface area contributed by atoms with Gasteiger partial charge >= 0.3 is 0 Å². The molecule has 0 bridgehead atoms. The summed E-state index contributed by atoms with van der Waals surface area (Å²) in [5, 5.41) is 3.30. The van der Waals surface area contributed by atoms with E-state index in [9.17, 15) is 0 Å². The van der Waals surface area contributed by atoms with Gasteiger partial charge in [0.25, 0.3) is 0 Å². The van der Waals surface area contributed by atoms with Crippen molar-refractivity contribution in [1.82, 2.24) is 15.1 Å². The van der Waals surface area contributed by atoms with Crippen LogP contribution in [-0.2, 0) is 4.74 Å². The van der Waals surface area contributed by atoms with Gasteiger partial charge in [0, 0.05) is 70.9 Å². The van der Waals surface area contributed by atoms with Crippen molar-refractivity contribution in [1.29, 1.82) is 0 Å². The quantitative estimate of drug-likeness (QED) is 0.733. The third kappa shape index (κ3) is 3.65. The average Bonchev–Trinajstić information content (AvgIpc) is 2.86. The number of ether oxygens (including phenoxy) is 1. The number of nitrogens with one attached hydrogen (secondary N) is 1. The molecule has 18 heavy (non-hydrogen) atoms. The third-order valence-corrected chi connectivity index (χ3v) is 3.54. The van der Waals surface area contributed by atoms with E-state index < -0.39 is 0 Å². The Morgan fingerprint density at radius 3 is 2.72 bits per heavy atom. The van der Waals surface area contributed by atoms with Crippen LogP contribution in [0.3, 0.4) is 0 Å². The highest BCUT2D eigenvalue weighted by atomic mass is 16.5. The predicted molar refractivity (Wildman–Crippen MR) is 72.9 cm³/mol. The molecule has 2 aliphatic rings. The van der Waals surface area contributed by atoms with Crippen LogP contribution >= 0.6 is 0 Å². The number of hydrogen-bond donors (Lipinski definition) is 2. The maximum atomic E-state index is 5.51. The summed E-state index contributed by atoms with van der Waals surface area (Å²) in [5.74, 6) is 0. The minimum Gasteiger partial charge on any atom is -0.403 e. The minimum absolute atomic E-state index is 0.829. The number of methoxy groups -OCH3 is 1. The summed E-state index contributed by atoms with van der Waals surface area (Å²) in [6, 6.07) is 0. The summed E-state index contributed by atoms with van der Waals surface area (Å²) in [7, 11) is 1.76. The first-order chi connectivity index (χ1) is 8.81. The van der Waals surface area contributed by atoms with Crippen molar-refractivity contribution in [3.8, 4) is 0 Å². The Morgan fingerprint density at radius 2 is 2.11 bits per heavy atom. The van der Waals surface area contributed by atoms with E-state index in [4.69, 9.17) is 10.5 Å². The van der Waals surface area contributed by atoms with Gasteiger partial charge in [-0.15, -0.1) is 0 Å². The first-order valence-corrected chi connectivity index (χ1v) is 6.61. The molecule has 0 spiro atoms. The zero-order valence-electron chi connectivity index (χ0n) is 11.2. The second-order valence-electron chi connectivity index (χ2n) is 4.88. The maximum absolute atomic E-state index is 5.51. The average molecular weight is 252 g/mol. The molecule has 0 aliphatic carbocycles. The molecule has 2 rings (SSSR count). The highest BCUT2D eigenvalue weighted by molar-refractivity contribution is 5.22. The van der Waals surface area contributed by atoms with Gasteiger partial charge in [0.15, 0.2) is 0 Å². The smallest absolute Gasteiger partial charge is 0.0589 e. The fourth-order valence-electron chi connectivity index (χ4n) is 2.40. The molecule has 2 heterocycles. The third-order valence-electron chi connectivity index (χ3n) is 3.54. The van der Waals surface area contributed by atoms with Gasteiger partial charge in [-0.25, -0.2) is 0 Å². The molecule has 2 fully saturated rings. The van der Waals surface area contributed by atoms with Crippen molar-refractivity contribution >= 4 is 0 Å². The molecule has 3 N–H and O–H groups in total. The first kappa shape index (κ1) is 13.2. The van der Waals surface area contributed by atoms with E-state index in [1.807, 2.05) is 0 Å². The zero-order chi connectivity index (χ0) is 12.8. The fraction of sp³-hybridized carbons (Fsp3) is 0.692. The Balaban J connectivity index is 1.75. The van der Waals surface area contributed by atoms with Crippen molar-refractivity contribution in [3.05, 3.63) is 23.7 Å². The summed E-state index contributed by atoms with van der Waals surface area (Å²) in [6.45, 7) is 7.27. The Labute approximate surface area is 109 Å². The fourth-order valence-corrected chi connectivity index (χ4v) is 2.40. The van der Waals surface area contributed by atoms with Crippen molar-refractivity contribution in [2.24, 2.45) is 5.73 Å². The van der Waals surface area contributed by atoms with Gasteiger partial charge in [0.2, 0.25) is 0 Å². The molecule has 0 unspecified atom stereocenters. The summed E-state index contributed by atoms with van der Waals surface area (Å²) >= 11 is 0.